The predicted octanol–water partition coefficient (Wildman–Crippen LogP) is 2.55. The standard InChI is InChI=1S/C39H74N2O12/c1-16-28-39(10,46)32(43)25(6)41(13)20-21(2)18-38(9,48-15)34(53-36-30(42)27(40(11)12)17-22(3)49-36)23(4)31(24(5)35(45)51-28)52-29-19-37(8,47-14)33(44)26(7)50-29/h21-34,36,42-44,46H,16-20H2,1-15H3/t21-,22-,23+,24-,25-,26+,27?,28-,29?,30?,31?,32?,33?,34?,36?,37-,38-,39-/m1/s1. The van der Waals surface area contributed by atoms with Gasteiger partial charge in [0.2, 0.25) is 0 Å². The molecule has 0 aromatic rings. The summed E-state index contributed by atoms with van der Waals surface area (Å²) >= 11 is 0. The number of cyclic esters (lactones) is 1. The summed E-state index contributed by atoms with van der Waals surface area (Å²) in [5.74, 6) is -2.22. The number of hydrogen-bond acceptors (Lipinski definition) is 14. The third kappa shape index (κ3) is 10.3. The van der Waals surface area contributed by atoms with E-state index in [2.05, 4.69) is 6.92 Å². The molecule has 8 unspecified atom stereocenters. The van der Waals surface area contributed by atoms with Crippen LogP contribution in [0.25, 0.3) is 0 Å². The molecule has 3 fully saturated rings. The molecule has 0 amide bonds. The molecule has 0 radical (unpaired) electrons. The fourth-order valence-corrected chi connectivity index (χ4v) is 8.91. The van der Waals surface area contributed by atoms with Crippen LogP contribution in [-0.2, 0) is 38.0 Å². The van der Waals surface area contributed by atoms with Gasteiger partial charge in [-0.1, -0.05) is 20.8 Å². The van der Waals surface area contributed by atoms with Crippen molar-refractivity contribution < 1.29 is 58.4 Å². The van der Waals surface area contributed by atoms with Crippen molar-refractivity contribution in [2.45, 2.75) is 185 Å². The largest absolute Gasteiger partial charge is 0.459 e. The molecule has 0 aromatic carbocycles. The van der Waals surface area contributed by atoms with E-state index in [-0.39, 0.29) is 30.9 Å². The smallest absolute Gasteiger partial charge is 0.311 e. The number of aliphatic hydroxyl groups is 4. The van der Waals surface area contributed by atoms with Gasteiger partial charge in [-0.05, 0) is 94.8 Å². The normalized spacial score (nSPS) is 48.9. The maximum atomic E-state index is 14.3. The Morgan fingerprint density at radius 3 is 2.06 bits per heavy atom. The number of hydrogen-bond donors (Lipinski definition) is 4. The quantitative estimate of drug-likeness (QED) is 0.266. The van der Waals surface area contributed by atoms with Crippen LogP contribution in [0.3, 0.4) is 0 Å². The first kappa shape index (κ1) is 46.4. The van der Waals surface area contributed by atoms with E-state index in [9.17, 15) is 25.2 Å². The lowest BCUT2D eigenvalue weighted by Gasteiger charge is -2.49. The van der Waals surface area contributed by atoms with Crippen LogP contribution >= 0.6 is 0 Å². The lowest BCUT2D eigenvalue weighted by Crippen LogP contribution is -2.61. The van der Waals surface area contributed by atoms with Crippen molar-refractivity contribution in [2.24, 2.45) is 17.8 Å². The van der Waals surface area contributed by atoms with Crippen LogP contribution in [0, 0.1) is 17.8 Å². The third-order valence-electron chi connectivity index (χ3n) is 12.7. The maximum absolute atomic E-state index is 14.3. The zero-order valence-electron chi connectivity index (χ0n) is 35.1. The number of ether oxygens (including phenoxy) is 7. The number of nitrogens with zero attached hydrogens (tertiary/aromatic N) is 2. The van der Waals surface area contributed by atoms with Crippen molar-refractivity contribution in [3.05, 3.63) is 0 Å². The van der Waals surface area contributed by atoms with Gasteiger partial charge >= 0.3 is 5.97 Å². The van der Waals surface area contributed by atoms with Crippen molar-refractivity contribution >= 4 is 5.97 Å². The minimum absolute atomic E-state index is 0.0123. The molecule has 3 rings (SSSR count). The minimum Gasteiger partial charge on any atom is -0.459 e. The van der Waals surface area contributed by atoms with E-state index in [1.807, 2.05) is 58.6 Å². The summed E-state index contributed by atoms with van der Waals surface area (Å²) in [5.41, 5.74) is -3.79. The van der Waals surface area contributed by atoms with E-state index in [1.165, 1.54) is 14.0 Å². The van der Waals surface area contributed by atoms with Crippen LogP contribution < -0.4 is 0 Å². The van der Waals surface area contributed by atoms with Crippen molar-refractivity contribution in [1.82, 2.24) is 9.80 Å². The third-order valence-corrected chi connectivity index (χ3v) is 12.7. The zero-order valence-corrected chi connectivity index (χ0v) is 35.1. The molecule has 18 atom stereocenters. The van der Waals surface area contributed by atoms with Gasteiger partial charge < -0.3 is 63.4 Å². The van der Waals surface area contributed by atoms with Gasteiger partial charge in [0.05, 0.1) is 41.5 Å². The lowest BCUT2D eigenvalue weighted by atomic mass is 9.77. The molecule has 14 nitrogen and oxygen atoms in total. The Balaban J connectivity index is 2.21. The fraction of sp³-hybridized carbons (Fsp3) is 0.974. The number of carbonyl (C=O) groups excluding carboxylic acids is 1. The number of aliphatic hydroxyl groups excluding tert-OH is 3. The second-order valence-corrected chi connectivity index (χ2v) is 17.3. The zero-order chi connectivity index (χ0) is 40.4. The number of methoxy groups -OCH3 is 2. The molecule has 312 valence electrons. The summed E-state index contributed by atoms with van der Waals surface area (Å²) in [6.07, 6.45) is -7.22. The van der Waals surface area contributed by atoms with Gasteiger partial charge in [-0.25, -0.2) is 0 Å². The van der Waals surface area contributed by atoms with E-state index in [0.29, 0.717) is 19.4 Å². The van der Waals surface area contributed by atoms with Gasteiger partial charge in [0.1, 0.15) is 30.0 Å². The summed E-state index contributed by atoms with van der Waals surface area (Å²) in [4.78, 5) is 18.3. The molecule has 3 heterocycles. The molecule has 53 heavy (non-hydrogen) atoms. The second-order valence-electron chi connectivity index (χ2n) is 17.3. The monoisotopic (exact) mass is 763 g/mol. The molecule has 14 heteroatoms. The van der Waals surface area contributed by atoms with Crippen molar-refractivity contribution in [1.29, 1.82) is 0 Å². The van der Waals surface area contributed by atoms with Crippen LogP contribution in [0.1, 0.15) is 94.9 Å². The van der Waals surface area contributed by atoms with Crippen molar-refractivity contribution in [2.75, 3.05) is 41.9 Å². The van der Waals surface area contributed by atoms with Crippen molar-refractivity contribution in [3.8, 4) is 0 Å². The molecule has 3 aliphatic rings. The summed E-state index contributed by atoms with van der Waals surface area (Å²) in [6.45, 7) is 18.8. The predicted molar refractivity (Wildman–Crippen MR) is 199 cm³/mol. The van der Waals surface area contributed by atoms with Gasteiger partial charge in [-0.2, -0.15) is 0 Å². The highest BCUT2D eigenvalue weighted by Crippen LogP contribution is 2.41. The number of rotatable bonds is 8. The Morgan fingerprint density at radius 2 is 1.51 bits per heavy atom. The molecular formula is C39H74N2O12. The Kier molecular flexibility index (Phi) is 16.2. The first-order valence-electron chi connectivity index (χ1n) is 19.5. The number of likely N-dealkylation sites (N-methyl/N-ethyl adjacent to an activating group) is 2. The van der Waals surface area contributed by atoms with E-state index in [1.54, 1.807) is 34.8 Å². The summed E-state index contributed by atoms with van der Waals surface area (Å²) in [5, 5.41) is 45.9. The van der Waals surface area contributed by atoms with Gasteiger partial charge in [-0.3, -0.25) is 4.79 Å². The molecule has 0 aliphatic carbocycles. The SMILES string of the molecule is CC[C@H]1OC(=O)[C@H](C)C(OC2C[C@@](C)(OC)C(O)[C@H](C)O2)[C@H](C)C(OC2O[C@H](C)CC(N(C)C)C2O)[C@](C)(OC)C[C@@H](C)CN(C)[C@H](C)C(O)[C@]1(C)O. The highest BCUT2D eigenvalue weighted by atomic mass is 16.7. The average Bonchev–Trinajstić information content (AvgIpc) is 3.09. The van der Waals surface area contributed by atoms with Gasteiger partial charge in [0, 0.05) is 45.2 Å². The average molecular weight is 763 g/mol. The number of carbonyl (C=O) groups is 1. The summed E-state index contributed by atoms with van der Waals surface area (Å²) in [6, 6.07) is -0.727. The Hall–Kier alpha value is -1.01. The van der Waals surface area contributed by atoms with Crippen LogP contribution in [0.15, 0.2) is 0 Å². The van der Waals surface area contributed by atoms with E-state index in [4.69, 9.17) is 33.2 Å². The van der Waals surface area contributed by atoms with Gasteiger partial charge in [-0.15, -0.1) is 0 Å². The number of esters is 1. The Morgan fingerprint density at radius 1 is 0.906 bits per heavy atom. The molecule has 0 spiro atoms. The minimum atomic E-state index is -1.78. The molecule has 0 saturated carbocycles. The topological polar surface area (TPSA) is 169 Å². The first-order valence-corrected chi connectivity index (χ1v) is 19.5. The molecule has 3 aliphatic heterocycles. The van der Waals surface area contributed by atoms with E-state index in [0.717, 1.165) is 0 Å². The highest BCUT2D eigenvalue weighted by molar-refractivity contribution is 5.73. The van der Waals surface area contributed by atoms with Crippen LogP contribution in [0.5, 0.6) is 0 Å². The fourth-order valence-electron chi connectivity index (χ4n) is 8.91. The summed E-state index contributed by atoms with van der Waals surface area (Å²) in [7, 11) is 8.87. The maximum Gasteiger partial charge on any atom is 0.311 e. The molecular weight excluding hydrogens is 688 g/mol. The first-order chi connectivity index (χ1) is 24.5. The van der Waals surface area contributed by atoms with E-state index < -0.39 is 96.0 Å². The molecule has 4 N–H and O–H groups in total. The Bertz CT molecular complexity index is 1160. The second kappa shape index (κ2) is 18.5. The van der Waals surface area contributed by atoms with Gasteiger partial charge in [0.25, 0.3) is 0 Å². The van der Waals surface area contributed by atoms with Crippen LogP contribution in [0.4, 0.5) is 0 Å². The Labute approximate surface area is 318 Å². The summed E-state index contributed by atoms with van der Waals surface area (Å²) < 4.78 is 44.5. The van der Waals surface area contributed by atoms with Gasteiger partial charge in [0.15, 0.2) is 12.6 Å². The van der Waals surface area contributed by atoms with E-state index >= 15 is 0 Å². The highest BCUT2D eigenvalue weighted by Gasteiger charge is 2.53. The lowest BCUT2D eigenvalue weighted by molar-refractivity contribution is -0.319. The molecule has 3 saturated heterocycles. The van der Waals surface area contributed by atoms with Crippen molar-refractivity contribution in [3.63, 3.8) is 0 Å². The van der Waals surface area contributed by atoms with Crippen LogP contribution in [0.2, 0.25) is 0 Å². The van der Waals surface area contributed by atoms with Crippen LogP contribution in [-0.4, -0.2) is 168 Å². The molecule has 0 bridgehead atoms. The molecule has 0 aromatic heterocycles.